The largest absolute Gasteiger partial charge is 0.481 e. The molecular formula is C9H13NO3. The van der Waals surface area contributed by atoms with Crippen LogP contribution in [0.2, 0.25) is 0 Å². The van der Waals surface area contributed by atoms with Crippen LogP contribution in [0.15, 0.2) is 23.0 Å². The first kappa shape index (κ1) is 9.80. The van der Waals surface area contributed by atoms with Crippen LogP contribution in [0.4, 0.5) is 0 Å². The molecular weight excluding hydrogens is 170 g/mol. The molecule has 0 saturated carbocycles. The smallest absolute Gasteiger partial charge is 0.311 e. The van der Waals surface area contributed by atoms with Crippen LogP contribution in [0.25, 0.3) is 0 Å². The second-order valence-electron chi connectivity index (χ2n) is 3.56. The summed E-state index contributed by atoms with van der Waals surface area (Å²) >= 11 is 0. The molecule has 72 valence electrons. The number of hydrogen-bond acceptors (Lipinski definition) is 3. The van der Waals surface area contributed by atoms with Crippen molar-refractivity contribution in [2.75, 3.05) is 0 Å². The highest BCUT2D eigenvalue weighted by Gasteiger charge is 2.35. The zero-order valence-corrected chi connectivity index (χ0v) is 7.65. The lowest BCUT2D eigenvalue weighted by Crippen LogP contribution is -2.36. The first-order valence-corrected chi connectivity index (χ1v) is 3.97. The molecule has 1 unspecified atom stereocenters. The van der Waals surface area contributed by atoms with Crippen molar-refractivity contribution < 1.29 is 14.3 Å². The van der Waals surface area contributed by atoms with Crippen molar-refractivity contribution in [3.63, 3.8) is 0 Å². The van der Waals surface area contributed by atoms with E-state index < -0.39 is 17.4 Å². The number of aliphatic carboxylic acids is 1. The molecule has 0 aliphatic carbocycles. The van der Waals surface area contributed by atoms with E-state index in [1.54, 1.807) is 19.9 Å². The van der Waals surface area contributed by atoms with Crippen LogP contribution >= 0.6 is 0 Å². The predicted molar refractivity (Wildman–Crippen MR) is 47.1 cm³/mol. The molecule has 0 radical (unpaired) electrons. The van der Waals surface area contributed by atoms with Crippen molar-refractivity contribution in [2.24, 2.45) is 11.1 Å². The van der Waals surface area contributed by atoms with Crippen molar-refractivity contribution in [3.05, 3.63) is 24.2 Å². The van der Waals surface area contributed by atoms with Crippen molar-refractivity contribution in [1.29, 1.82) is 0 Å². The van der Waals surface area contributed by atoms with Crippen molar-refractivity contribution in [3.8, 4) is 0 Å². The molecule has 0 spiro atoms. The fourth-order valence-electron chi connectivity index (χ4n) is 1.00. The highest BCUT2D eigenvalue weighted by molar-refractivity contribution is 5.74. The maximum atomic E-state index is 10.8. The van der Waals surface area contributed by atoms with E-state index in [0.717, 1.165) is 0 Å². The quantitative estimate of drug-likeness (QED) is 0.742. The number of carboxylic acid groups (broad SMARTS) is 1. The van der Waals surface area contributed by atoms with Crippen molar-refractivity contribution >= 4 is 5.97 Å². The first-order valence-electron chi connectivity index (χ1n) is 3.97. The maximum absolute atomic E-state index is 10.8. The lowest BCUT2D eigenvalue weighted by molar-refractivity contribution is -0.148. The summed E-state index contributed by atoms with van der Waals surface area (Å²) in [6, 6.07) is 1.12. The van der Waals surface area contributed by atoms with Gasteiger partial charge in [0.2, 0.25) is 0 Å². The highest BCUT2D eigenvalue weighted by atomic mass is 16.4. The third kappa shape index (κ3) is 1.72. The van der Waals surface area contributed by atoms with Crippen LogP contribution in [0.5, 0.6) is 0 Å². The summed E-state index contributed by atoms with van der Waals surface area (Å²) in [6.45, 7) is 3.18. The van der Waals surface area contributed by atoms with E-state index in [1.807, 2.05) is 0 Å². The summed E-state index contributed by atoms with van der Waals surface area (Å²) < 4.78 is 4.84. The standard InChI is InChI=1S/C9H13NO3/c1-9(2,8(11)12)7(10)6-3-4-13-5-6/h3-5,7H,10H2,1-2H3,(H,11,12). The monoisotopic (exact) mass is 183 g/mol. The van der Waals surface area contributed by atoms with Gasteiger partial charge in [-0.15, -0.1) is 0 Å². The van der Waals surface area contributed by atoms with Crippen LogP contribution in [-0.4, -0.2) is 11.1 Å². The van der Waals surface area contributed by atoms with Crippen molar-refractivity contribution in [2.45, 2.75) is 19.9 Å². The zero-order valence-electron chi connectivity index (χ0n) is 7.65. The van der Waals surface area contributed by atoms with E-state index >= 15 is 0 Å². The Kier molecular flexibility index (Phi) is 2.43. The molecule has 0 aliphatic heterocycles. The van der Waals surface area contributed by atoms with Gasteiger partial charge < -0.3 is 15.3 Å². The summed E-state index contributed by atoms with van der Waals surface area (Å²) in [5.41, 5.74) is 5.50. The molecule has 0 bridgehead atoms. The van der Waals surface area contributed by atoms with Gasteiger partial charge in [-0.25, -0.2) is 0 Å². The summed E-state index contributed by atoms with van der Waals surface area (Å²) in [4.78, 5) is 10.8. The Bertz CT molecular complexity index is 290. The number of nitrogens with two attached hydrogens (primary N) is 1. The SMILES string of the molecule is CC(C)(C(=O)O)C(N)c1ccoc1. The summed E-state index contributed by atoms with van der Waals surface area (Å²) in [6.07, 6.45) is 2.95. The Labute approximate surface area is 76.3 Å². The van der Waals surface area contributed by atoms with Crippen LogP contribution in [0.3, 0.4) is 0 Å². The molecule has 0 aromatic carbocycles. The minimum atomic E-state index is -0.982. The van der Waals surface area contributed by atoms with Gasteiger partial charge in [-0.1, -0.05) is 0 Å². The van der Waals surface area contributed by atoms with Gasteiger partial charge in [0.15, 0.2) is 0 Å². The molecule has 4 heteroatoms. The van der Waals surface area contributed by atoms with Crippen LogP contribution in [0, 0.1) is 5.41 Å². The zero-order chi connectivity index (χ0) is 10.1. The summed E-state index contributed by atoms with van der Waals surface area (Å²) in [7, 11) is 0. The van der Waals surface area contributed by atoms with Gasteiger partial charge in [0.25, 0.3) is 0 Å². The average Bonchev–Trinajstić information content (AvgIpc) is 2.54. The topological polar surface area (TPSA) is 76.5 Å². The van der Waals surface area contributed by atoms with E-state index in [4.69, 9.17) is 15.3 Å². The second-order valence-corrected chi connectivity index (χ2v) is 3.56. The summed E-state index contributed by atoms with van der Waals surface area (Å²) in [5, 5.41) is 8.90. The van der Waals surface area contributed by atoms with Gasteiger partial charge in [0, 0.05) is 11.6 Å². The highest BCUT2D eigenvalue weighted by Crippen LogP contribution is 2.31. The molecule has 1 aromatic rings. The van der Waals surface area contributed by atoms with Gasteiger partial charge in [0.1, 0.15) is 0 Å². The second kappa shape index (κ2) is 3.22. The van der Waals surface area contributed by atoms with Gasteiger partial charge in [0.05, 0.1) is 17.9 Å². The lowest BCUT2D eigenvalue weighted by atomic mass is 9.82. The Morgan fingerprint density at radius 1 is 1.69 bits per heavy atom. The Morgan fingerprint density at radius 2 is 2.31 bits per heavy atom. The van der Waals surface area contributed by atoms with Crippen LogP contribution < -0.4 is 5.73 Å². The Hall–Kier alpha value is -1.29. The van der Waals surface area contributed by atoms with Crippen LogP contribution in [-0.2, 0) is 4.79 Å². The molecule has 1 heterocycles. The third-order valence-corrected chi connectivity index (χ3v) is 2.23. The normalized spacial score (nSPS) is 14.1. The molecule has 0 aliphatic rings. The number of rotatable bonds is 3. The molecule has 0 amide bonds. The minimum Gasteiger partial charge on any atom is -0.481 e. The number of carboxylic acids is 1. The first-order chi connectivity index (χ1) is 5.96. The molecule has 3 N–H and O–H groups in total. The number of furan rings is 1. The van der Waals surface area contributed by atoms with Crippen molar-refractivity contribution in [1.82, 2.24) is 0 Å². The third-order valence-electron chi connectivity index (χ3n) is 2.23. The predicted octanol–water partition coefficient (Wildman–Crippen LogP) is 1.39. The Morgan fingerprint density at radius 3 is 2.69 bits per heavy atom. The van der Waals surface area contributed by atoms with Gasteiger partial charge >= 0.3 is 5.97 Å². The molecule has 1 aromatic heterocycles. The fraction of sp³-hybridized carbons (Fsp3) is 0.444. The molecule has 13 heavy (non-hydrogen) atoms. The fourth-order valence-corrected chi connectivity index (χ4v) is 1.00. The molecule has 0 fully saturated rings. The number of carbonyl (C=O) groups is 1. The van der Waals surface area contributed by atoms with E-state index in [-0.39, 0.29) is 0 Å². The van der Waals surface area contributed by atoms with Gasteiger partial charge in [-0.05, 0) is 19.9 Å². The molecule has 4 nitrogen and oxygen atoms in total. The van der Waals surface area contributed by atoms with E-state index in [9.17, 15) is 4.79 Å². The minimum absolute atomic E-state index is 0.552. The molecule has 0 saturated heterocycles. The van der Waals surface area contributed by atoms with E-state index in [0.29, 0.717) is 5.56 Å². The van der Waals surface area contributed by atoms with Gasteiger partial charge in [-0.3, -0.25) is 4.79 Å². The lowest BCUT2D eigenvalue weighted by Gasteiger charge is -2.25. The summed E-state index contributed by atoms with van der Waals surface area (Å²) in [5.74, 6) is -0.916. The van der Waals surface area contributed by atoms with Crippen LogP contribution in [0.1, 0.15) is 25.5 Å². The van der Waals surface area contributed by atoms with E-state index in [1.165, 1.54) is 12.5 Å². The maximum Gasteiger partial charge on any atom is 0.311 e. The average molecular weight is 183 g/mol. The van der Waals surface area contributed by atoms with Gasteiger partial charge in [-0.2, -0.15) is 0 Å². The Balaban J connectivity index is 2.90. The van der Waals surface area contributed by atoms with E-state index in [2.05, 4.69) is 0 Å². The molecule has 1 atom stereocenters. The molecule has 1 rings (SSSR count). The number of hydrogen-bond donors (Lipinski definition) is 2.